The molecule has 6 rings (SSSR count). The van der Waals surface area contributed by atoms with Crippen molar-refractivity contribution in [2.24, 2.45) is 0 Å². The predicted molar refractivity (Wildman–Crippen MR) is 85.5 cm³/mol. The summed E-state index contributed by atoms with van der Waals surface area (Å²) in [6.07, 6.45) is 5.33. The Morgan fingerprint density at radius 3 is 2.48 bits per heavy atom. The van der Waals surface area contributed by atoms with Crippen LogP contribution in [0.3, 0.4) is 0 Å². The van der Waals surface area contributed by atoms with Crippen LogP contribution >= 0.6 is 0 Å². The van der Waals surface area contributed by atoms with Crippen LogP contribution in [0.25, 0.3) is 0 Å². The number of nitrogens with zero attached hydrogens (tertiary/aromatic N) is 1. The van der Waals surface area contributed by atoms with Crippen molar-refractivity contribution in [3.05, 3.63) is 70.8 Å². The van der Waals surface area contributed by atoms with Crippen molar-refractivity contribution in [2.75, 3.05) is 6.54 Å². The quantitative estimate of drug-likeness (QED) is 0.693. The van der Waals surface area contributed by atoms with Crippen molar-refractivity contribution in [3.63, 3.8) is 0 Å². The minimum absolute atomic E-state index is 0.594. The Kier molecular flexibility index (Phi) is 2.54. The topological polar surface area (TPSA) is 3.24 Å². The van der Waals surface area contributed by atoms with E-state index in [4.69, 9.17) is 0 Å². The Balaban J connectivity index is 1.79. The van der Waals surface area contributed by atoms with E-state index in [2.05, 4.69) is 53.4 Å². The summed E-state index contributed by atoms with van der Waals surface area (Å²) in [6, 6.07) is 19.7. The Morgan fingerprint density at radius 1 is 0.810 bits per heavy atom. The zero-order valence-corrected chi connectivity index (χ0v) is 12.3. The van der Waals surface area contributed by atoms with Crippen molar-refractivity contribution in [1.82, 2.24) is 4.90 Å². The van der Waals surface area contributed by atoms with Crippen LogP contribution in [-0.4, -0.2) is 17.5 Å². The van der Waals surface area contributed by atoms with Crippen LogP contribution in [-0.2, 0) is 6.42 Å². The molecular weight excluding hydrogens is 254 g/mol. The van der Waals surface area contributed by atoms with E-state index < -0.39 is 0 Å². The zero-order chi connectivity index (χ0) is 13.8. The standard InChI is InChI=1S/C20H21N/c1-2-8-15-14(7-1)13-19-16-9-3-4-10-17(16)20(15)18-11-5-6-12-21(18)19/h1-4,7-10,18-20H,5-6,11-13H2. The van der Waals surface area contributed by atoms with Gasteiger partial charge in [-0.25, -0.2) is 0 Å². The molecule has 0 amide bonds. The van der Waals surface area contributed by atoms with E-state index >= 15 is 0 Å². The Bertz CT molecular complexity index is 690. The number of hydrogen-bond acceptors (Lipinski definition) is 1. The largest absolute Gasteiger partial charge is 0.292 e. The average molecular weight is 275 g/mol. The van der Waals surface area contributed by atoms with Crippen molar-refractivity contribution in [3.8, 4) is 0 Å². The Hall–Kier alpha value is -1.60. The average Bonchev–Trinajstić information content (AvgIpc) is 2.79. The summed E-state index contributed by atoms with van der Waals surface area (Å²) in [5.41, 5.74) is 6.38. The lowest BCUT2D eigenvalue weighted by Crippen LogP contribution is -2.48. The lowest BCUT2D eigenvalue weighted by molar-refractivity contribution is 0.0760. The molecule has 3 aliphatic heterocycles. The zero-order valence-electron chi connectivity index (χ0n) is 12.3. The molecule has 0 spiro atoms. The fourth-order valence-corrected chi connectivity index (χ4v) is 5.04. The van der Waals surface area contributed by atoms with Crippen molar-refractivity contribution in [1.29, 1.82) is 0 Å². The van der Waals surface area contributed by atoms with Gasteiger partial charge in [0, 0.05) is 18.0 Å². The number of rotatable bonds is 0. The van der Waals surface area contributed by atoms with Crippen LogP contribution in [0.2, 0.25) is 0 Å². The molecule has 1 aliphatic carbocycles. The van der Waals surface area contributed by atoms with Gasteiger partial charge in [-0.15, -0.1) is 0 Å². The maximum atomic E-state index is 2.83. The molecule has 4 aliphatic rings. The molecule has 1 heteroatoms. The molecule has 2 bridgehead atoms. The van der Waals surface area contributed by atoms with E-state index in [1.807, 2.05) is 0 Å². The first-order chi connectivity index (χ1) is 10.4. The number of piperidine rings is 1. The Labute approximate surface area is 126 Å². The summed E-state index contributed by atoms with van der Waals surface area (Å²) >= 11 is 0. The van der Waals surface area contributed by atoms with E-state index in [1.165, 1.54) is 32.2 Å². The summed E-state index contributed by atoms with van der Waals surface area (Å²) in [4.78, 5) is 2.83. The normalized spacial score (nSPS) is 30.2. The highest BCUT2D eigenvalue weighted by atomic mass is 15.2. The van der Waals surface area contributed by atoms with Gasteiger partial charge in [0.2, 0.25) is 0 Å². The van der Waals surface area contributed by atoms with Crippen LogP contribution in [0.15, 0.2) is 48.5 Å². The van der Waals surface area contributed by atoms with Crippen LogP contribution in [0.5, 0.6) is 0 Å². The summed E-state index contributed by atoms with van der Waals surface area (Å²) in [6.45, 7) is 1.29. The first kappa shape index (κ1) is 12.0. The van der Waals surface area contributed by atoms with Crippen LogP contribution in [0.4, 0.5) is 0 Å². The van der Waals surface area contributed by atoms with E-state index in [9.17, 15) is 0 Å². The van der Waals surface area contributed by atoms with E-state index in [0.717, 1.165) is 6.04 Å². The molecule has 0 N–H and O–H groups in total. The third-order valence-electron chi connectivity index (χ3n) is 5.87. The van der Waals surface area contributed by atoms with Gasteiger partial charge in [0.25, 0.3) is 0 Å². The molecule has 3 heterocycles. The van der Waals surface area contributed by atoms with E-state index in [-0.39, 0.29) is 0 Å². The summed E-state index contributed by atoms with van der Waals surface area (Å²) < 4.78 is 0. The second-order valence-electron chi connectivity index (χ2n) is 6.83. The monoisotopic (exact) mass is 275 g/mol. The van der Waals surface area contributed by atoms with Crippen LogP contribution < -0.4 is 0 Å². The molecule has 0 saturated carbocycles. The fraction of sp³-hybridized carbons (Fsp3) is 0.400. The molecule has 2 aromatic rings. The first-order valence-corrected chi connectivity index (χ1v) is 8.36. The van der Waals surface area contributed by atoms with Gasteiger partial charge in [0.1, 0.15) is 0 Å². The molecule has 3 atom stereocenters. The third kappa shape index (κ3) is 1.61. The predicted octanol–water partition coefficient (Wildman–Crippen LogP) is 4.28. The minimum atomic E-state index is 0.594. The molecule has 0 radical (unpaired) electrons. The van der Waals surface area contributed by atoms with Crippen LogP contribution in [0, 0.1) is 0 Å². The van der Waals surface area contributed by atoms with Gasteiger partial charge >= 0.3 is 0 Å². The van der Waals surface area contributed by atoms with Gasteiger partial charge in [0.05, 0.1) is 0 Å². The highest BCUT2D eigenvalue weighted by Gasteiger charge is 2.45. The number of benzene rings is 2. The molecule has 0 aromatic heterocycles. The molecular formula is C20H21N. The SMILES string of the molecule is c1ccc2c(c1)CC1c3ccccc3C2C2CCCCN12. The summed E-state index contributed by atoms with van der Waals surface area (Å²) in [7, 11) is 0. The van der Waals surface area contributed by atoms with E-state index in [0.29, 0.717) is 12.0 Å². The summed E-state index contributed by atoms with van der Waals surface area (Å²) in [5.74, 6) is 0.594. The van der Waals surface area contributed by atoms with Gasteiger partial charge < -0.3 is 0 Å². The molecule has 1 fully saturated rings. The van der Waals surface area contributed by atoms with Crippen molar-refractivity contribution in [2.45, 2.75) is 43.7 Å². The number of hydrogen-bond donors (Lipinski definition) is 0. The fourth-order valence-electron chi connectivity index (χ4n) is 5.04. The first-order valence-electron chi connectivity index (χ1n) is 8.36. The van der Waals surface area contributed by atoms with Gasteiger partial charge in [0.15, 0.2) is 0 Å². The second-order valence-corrected chi connectivity index (χ2v) is 6.83. The van der Waals surface area contributed by atoms with Gasteiger partial charge in [-0.3, -0.25) is 4.90 Å². The molecule has 106 valence electrons. The molecule has 21 heavy (non-hydrogen) atoms. The Morgan fingerprint density at radius 2 is 1.57 bits per heavy atom. The maximum Gasteiger partial charge on any atom is 0.0394 e. The highest BCUT2D eigenvalue weighted by Crippen LogP contribution is 2.51. The van der Waals surface area contributed by atoms with Crippen LogP contribution in [0.1, 0.15) is 53.5 Å². The summed E-state index contributed by atoms with van der Waals surface area (Å²) in [5, 5.41) is 0. The van der Waals surface area contributed by atoms with Gasteiger partial charge in [-0.05, 0) is 48.1 Å². The van der Waals surface area contributed by atoms with E-state index in [1.54, 1.807) is 22.3 Å². The van der Waals surface area contributed by atoms with Gasteiger partial charge in [-0.2, -0.15) is 0 Å². The lowest BCUT2D eigenvalue weighted by atomic mass is 9.75. The molecule has 1 saturated heterocycles. The van der Waals surface area contributed by atoms with Crippen molar-refractivity contribution >= 4 is 0 Å². The van der Waals surface area contributed by atoms with Gasteiger partial charge in [-0.1, -0.05) is 55.0 Å². The molecule has 1 nitrogen and oxygen atoms in total. The lowest BCUT2D eigenvalue weighted by Gasteiger charge is -2.48. The maximum absolute atomic E-state index is 2.83. The highest BCUT2D eigenvalue weighted by molar-refractivity contribution is 5.50. The third-order valence-corrected chi connectivity index (χ3v) is 5.87. The minimum Gasteiger partial charge on any atom is -0.292 e. The van der Waals surface area contributed by atoms with Crippen molar-refractivity contribution < 1.29 is 0 Å². The molecule has 2 aromatic carbocycles. The second kappa shape index (κ2) is 4.45. The molecule has 3 unspecified atom stereocenters. The smallest absolute Gasteiger partial charge is 0.0394 e.